The van der Waals surface area contributed by atoms with Crippen LogP contribution in [-0.4, -0.2) is 54.9 Å². The molecule has 11 heteroatoms. The quantitative estimate of drug-likeness (QED) is 0.427. The molecule has 0 fully saturated rings. The number of aromatic nitrogens is 5. The Hall–Kier alpha value is -3.60. The minimum absolute atomic E-state index is 0.0561. The average molecular weight is 397 g/mol. The molecule has 0 aliphatic carbocycles. The van der Waals surface area contributed by atoms with Crippen LogP contribution < -0.4 is 11.2 Å². The first-order valence-electron chi connectivity index (χ1n) is 9.20. The van der Waals surface area contributed by atoms with Crippen molar-refractivity contribution in [1.29, 1.82) is 0 Å². The first kappa shape index (κ1) is 20.1. The molecule has 3 rings (SSSR count). The summed E-state index contributed by atoms with van der Waals surface area (Å²) in [6, 6.07) is 9.54. The maximum atomic E-state index is 12.8. The normalized spacial score (nSPS) is 11.8. The Bertz CT molecular complexity index is 990. The van der Waals surface area contributed by atoms with Crippen LogP contribution in [0.5, 0.6) is 0 Å². The minimum atomic E-state index is -0.483. The first-order valence-corrected chi connectivity index (χ1v) is 9.20. The molecule has 11 nitrogen and oxygen atoms in total. The number of rotatable bonds is 8. The second-order valence-corrected chi connectivity index (χ2v) is 6.24. The number of nitrogen functional groups attached to an aromatic ring is 1. The van der Waals surface area contributed by atoms with Crippen LogP contribution in [0.25, 0.3) is 5.82 Å². The summed E-state index contributed by atoms with van der Waals surface area (Å²) < 4.78 is 6.03. The van der Waals surface area contributed by atoms with Gasteiger partial charge >= 0.3 is 0 Å². The van der Waals surface area contributed by atoms with Gasteiger partial charge in [0.15, 0.2) is 5.69 Å². The largest absolute Gasteiger partial charge is 0.378 e. The SMILES string of the molecule is CCN(CC)Cc1c(C(=O)N/N=C(\C)c2ccccc2)nnn1-c1nonc1N. The molecule has 0 radical (unpaired) electrons. The fraction of sp³-hybridized carbons (Fsp3) is 0.333. The van der Waals surface area contributed by atoms with Crippen LogP contribution >= 0.6 is 0 Å². The number of hydrazone groups is 1. The number of hydrogen-bond donors (Lipinski definition) is 2. The third kappa shape index (κ3) is 4.46. The van der Waals surface area contributed by atoms with E-state index in [1.54, 1.807) is 0 Å². The average Bonchev–Trinajstić information content (AvgIpc) is 3.36. The standard InChI is InChI=1S/C18H23N9O2/c1-4-26(5-2)11-14-15(21-25-27(14)17-16(19)23-29-24-17)18(28)22-20-12(3)13-9-7-6-8-10-13/h6-10H,4-5,11H2,1-3H3,(H2,19,23)(H,22,28)/b20-12+. The molecule has 0 spiro atoms. The molecule has 1 amide bonds. The number of anilines is 1. The van der Waals surface area contributed by atoms with Gasteiger partial charge in [-0.15, -0.1) is 5.10 Å². The molecule has 0 aliphatic rings. The summed E-state index contributed by atoms with van der Waals surface area (Å²) in [4.78, 5) is 14.9. The van der Waals surface area contributed by atoms with E-state index < -0.39 is 5.91 Å². The van der Waals surface area contributed by atoms with Crippen LogP contribution in [0, 0.1) is 0 Å². The Morgan fingerprint density at radius 3 is 2.59 bits per heavy atom. The van der Waals surface area contributed by atoms with Crippen LogP contribution in [0.2, 0.25) is 0 Å². The van der Waals surface area contributed by atoms with Crippen molar-refractivity contribution in [2.75, 3.05) is 18.8 Å². The molecule has 0 aliphatic heterocycles. The summed E-state index contributed by atoms with van der Waals surface area (Å²) >= 11 is 0. The van der Waals surface area contributed by atoms with E-state index >= 15 is 0 Å². The van der Waals surface area contributed by atoms with Gasteiger partial charge in [0.05, 0.1) is 11.4 Å². The maximum absolute atomic E-state index is 12.8. The summed E-state index contributed by atoms with van der Waals surface area (Å²) in [6.45, 7) is 7.83. The van der Waals surface area contributed by atoms with Crippen LogP contribution in [-0.2, 0) is 6.54 Å². The Morgan fingerprint density at radius 1 is 1.24 bits per heavy atom. The van der Waals surface area contributed by atoms with Gasteiger partial charge < -0.3 is 5.73 Å². The summed E-state index contributed by atoms with van der Waals surface area (Å²) in [5.74, 6) is -0.244. The van der Waals surface area contributed by atoms with Gasteiger partial charge in [-0.05, 0) is 35.9 Å². The number of nitrogens with zero attached hydrogens (tertiary/aromatic N) is 7. The summed E-state index contributed by atoms with van der Waals surface area (Å²) in [5, 5.41) is 19.6. The summed E-state index contributed by atoms with van der Waals surface area (Å²) in [7, 11) is 0. The van der Waals surface area contributed by atoms with Crippen molar-refractivity contribution in [3.05, 3.63) is 47.3 Å². The zero-order valence-corrected chi connectivity index (χ0v) is 16.5. The fourth-order valence-corrected chi connectivity index (χ4v) is 2.72. The number of amides is 1. The third-order valence-corrected chi connectivity index (χ3v) is 4.46. The Morgan fingerprint density at radius 2 is 1.97 bits per heavy atom. The highest BCUT2D eigenvalue weighted by atomic mass is 16.6. The summed E-state index contributed by atoms with van der Waals surface area (Å²) in [5.41, 5.74) is 10.6. The van der Waals surface area contributed by atoms with Crippen LogP contribution in [0.1, 0.15) is 42.5 Å². The second kappa shape index (κ2) is 9.06. The van der Waals surface area contributed by atoms with Crippen LogP contribution in [0.3, 0.4) is 0 Å². The molecular formula is C18H23N9O2. The Kier molecular flexibility index (Phi) is 6.29. The van der Waals surface area contributed by atoms with E-state index in [2.05, 4.69) is 40.7 Å². The zero-order chi connectivity index (χ0) is 20.8. The minimum Gasteiger partial charge on any atom is -0.378 e. The van der Waals surface area contributed by atoms with E-state index in [1.165, 1.54) is 4.68 Å². The highest BCUT2D eigenvalue weighted by Crippen LogP contribution is 2.17. The van der Waals surface area contributed by atoms with Gasteiger partial charge in [0.2, 0.25) is 11.6 Å². The van der Waals surface area contributed by atoms with Crippen LogP contribution in [0.4, 0.5) is 5.82 Å². The number of nitrogens with one attached hydrogen (secondary N) is 1. The van der Waals surface area contributed by atoms with E-state index in [0.717, 1.165) is 18.7 Å². The molecule has 0 atom stereocenters. The van der Waals surface area contributed by atoms with Gasteiger partial charge in [-0.2, -0.15) is 9.78 Å². The molecule has 1 aromatic carbocycles. The molecule has 2 aromatic heterocycles. The number of benzene rings is 1. The van der Waals surface area contributed by atoms with Crippen molar-refractivity contribution in [2.45, 2.75) is 27.3 Å². The predicted molar refractivity (Wildman–Crippen MR) is 106 cm³/mol. The smallest absolute Gasteiger partial charge is 0.293 e. The molecule has 0 saturated heterocycles. The molecule has 3 aromatic rings. The number of carbonyl (C=O) groups excluding carboxylic acids is 1. The second-order valence-electron chi connectivity index (χ2n) is 6.24. The first-order chi connectivity index (χ1) is 14.0. The third-order valence-electron chi connectivity index (χ3n) is 4.46. The van der Waals surface area contributed by atoms with Crippen molar-refractivity contribution in [3.63, 3.8) is 0 Å². The molecule has 3 N–H and O–H groups in total. The van der Waals surface area contributed by atoms with Gasteiger partial charge in [-0.1, -0.05) is 49.4 Å². The fourth-order valence-electron chi connectivity index (χ4n) is 2.72. The lowest BCUT2D eigenvalue weighted by Gasteiger charge is -2.18. The van der Waals surface area contributed by atoms with Crippen molar-refractivity contribution >= 4 is 17.4 Å². The highest BCUT2D eigenvalue weighted by Gasteiger charge is 2.25. The molecular weight excluding hydrogens is 374 g/mol. The van der Waals surface area contributed by atoms with Crippen molar-refractivity contribution < 1.29 is 9.42 Å². The van der Waals surface area contributed by atoms with Gasteiger partial charge in [-0.25, -0.2) is 10.1 Å². The van der Waals surface area contributed by atoms with E-state index in [-0.39, 0.29) is 17.3 Å². The van der Waals surface area contributed by atoms with E-state index in [0.29, 0.717) is 18.0 Å². The van der Waals surface area contributed by atoms with Gasteiger partial charge in [0.25, 0.3) is 5.91 Å². The lowest BCUT2D eigenvalue weighted by atomic mass is 10.1. The molecule has 152 valence electrons. The van der Waals surface area contributed by atoms with Crippen molar-refractivity contribution in [1.82, 2.24) is 35.6 Å². The van der Waals surface area contributed by atoms with Crippen molar-refractivity contribution in [3.8, 4) is 5.82 Å². The lowest BCUT2D eigenvalue weighted by molar-refractivity contribution is 0.0947. The predicted octanol–water partition coefficient (Wildman–Crippen LogP) is 1.23. The lowest BCUT2D eigenvalue weighted by Crippen LogP contribution is -2.27. The number of carbonyl (C=O) groups is 1. The van der Waals surface area contributed by atoms with E-state index in [4.69, 9.17) is 5.73 Å². The Labute approximate surface area is 167 Å². The monoisotopic (exact) mass is 397 g/mol. The number of nitrogens with two attached hydrogens (primary N) is 1. The Balaban J connectivity index is 1.90. The topological polar surface area (TPSA) is 140 Å². The summed E-state index contributed by atoms with van der Waals surface area (Å²) in [6.07, 6.45) is 0. The van der Waals surface area contributed by atoms with Gasteiger partial charge in [0.1, 0.15) is 0 Å². The van der Waals surface area contributed by atoms with Gasteiger partial charge in [0, 0.05) is 6.54 Å². The molecule has 0 bridgehead atoms. The van der Waals surface area contributed by atoms with Crippen LogP contribution in [0.15, 0.2) is 40.1 Å². The zero-order valence-electron chi connectivity index (χ0n) is 16.5. The van der Waals surface area contributed by atoms with Gasteiger partial charge in [-0.3, -0.25) is 9.69 Å². The molecule has 0 unspecified atom stereocenters. The van der Waals surface area contributed by atoms with E-state index in [9.17, 15) is 4.79 Å². The molecule has 2 heterocycles. The number of hydrogen-bond acceptors (Lipinski definition) is 9. The van der Waals surface area contributed by atoms with E-state index in [1.807, 2.05) is 51.1 Å². The highest BCUT2D eigenvalue weighted by molar-refractivity contribution is 6.00. The van der Waals surface area contributed by atoms with Crippen molar-refractivity contribution in [2.24, 2.45) is 5.10 Å². The maximum Gasteiger partial charge on any atom is 0.293 e. The molecule has 29 heavy (non-hydrogen) atoms. The molecule has 0 saturated carbocycles.